The molecule has 1 atom stereocenters. The summed E-state index contributed by atoms with van der Waals surface area (Å²) in [7, 11) is 0. The lowest BCUT2D eigenvalue weighted by atomic mass is 10.2. The summed E-state index contributed by atoms with van der Waals surface area (Å²) in [5.74, 6) is 1.72. The molecule has 5 nitrogen and oxygen atoms in total. The van der Waals surface area contributed by atoms with Crippen LogP contribution in [0.25, 0.3) is 0 Å². The summed E-state index contributed by atoms with van der Waals surface area (Å²) in [5, 5.41) is 3.62. The molecule has 4 rings (SSSR count). The molecule has 1 unspecified atom stereocenters. The van der Waals surface area contributed by atoms with Crippen LogP contribution < -0.4 is 14.8 Å². The van der Waals surface area contributed by atoms with Crippen LogP contribution >= 0.6 is 11.8 Å². The fourth-order valence-electron chi connectivity index (χ4n) is 2.10. The van der Waals surface area contributed by atoms with Crippen LogP contribution in [0.2, 0.25) is 0 Å². The Hall–Kier alpha value is -2.21. The molecule has 0 fully saturated rings. The van der Waals surface area contributed by atoms with Gasteiger partial charge < -0.3 is 14.8 Å². The second-order valence-electron chi connectivity index (χ2n) is 4.40. The van der Waals surface area contributed by atoms with Gasteiger partial charge in [-0.25, -0.2) is 4.98 Å². The topological polar surface area (TPSA) is 60.5 Å². The highest BCUT2D eigenvalue weighted by Crippen LogP contribution is 2.41. The van der Waals surface area contributed by atoms with Crippen molar-refractivity contribution in [1.82, 2.24) is 4.98 Å². The number of benzene rings is 1. The van der Waals surface area contributed by atoms with E-state index in [2.05, 4.69) is 16.4 Å². The third kappa shape index (κ3) is 1.89. The van der Waals surface area contributed by atoms with Crippen LogP contribution in [0.1, 0.15) is 11.9 Å². The minimum Gasteiger partial charge on any atom is -0.447 e. The Morgan fingerprint density at radius 3 is 3.20 bits per heavy atom. The van der Waals surface area contributed by atoms with Gasteiger partial charge in [-0.15, -0.1) is 0 Å². The van der Waals surface area contributed by atoms with E-state index in [1.807, 2.05) is 6.07 Å². The van der Waals surface area contributed by atoms with Gasteiger partial charge in [-0.1, -0.05) is 17.8 Å². The fraction of sp³-hybridized carbons (Fsp3) is 0.143. The van der Waals surface area contributed by atoms with Crippen LogP contribution in [0.15, 0.2) is 35.5 Å². The summed E-state index contributed by atoms with van der Waals surface area (Å²) < 4.78 is 11.4. The second-order valence-corrected chi connectivity index (χ2v) is 5.36. The average Bonchev–Trinajstić information content (AvgIpc) is 2.90. The molecule has 1 aromatic heterocycles. The molecule has 6 heteroatoms. The first kappa shape index (κ1) is 11.6. The van der Waals surface area contributed by atoms with E-state index in [1.54, 1.807) is 24.4 Å². The number of pyridine rings is 1. The van der Waals surface area contributed by atoms with Gasteiger partial charge in [-0.2, -0.15) is 0 Å². The molecule has 0 spiro atoms. The van der Waals surface area contributed by atoms with Crippen LogP contribution in [0.4, 0.5) is 5.69 Å². The van der Waals surface area contributed by atoms with Crippen molar-refractivity contribution in [1.29, 1.82) is 0 Å². The van der Waals surface area contributed by atoms with Crippen LogP contribution in [-0.4, -0.2) is 16.6 Å². The zero-order valence-electron chi connectivity index (χ0n) is 10.3. The number of ether oxygens (including phenoxy) is 2. The van der Waals surface area contributed by atoms with Gasteiger partial charge >= 0.3 is 0 Å². The van der Waals surface area contributed by atoms with Gasteiger partial charge in [0.2, 0.25) is 5.91 Å². The molecule has 0 bridgehead atoms. The minimum absolute atomic E-state index is 0.0207. The highest BCUT2D eigenvalue weighted by atomic mass is 32.2. The van der Waals surface area contributed by atoms with Gasteiger partial charge in [-0.05, 0) is 24.3 Å². The molecular formula is C14H9N2O3S. The molecule has 1 N–H and O–H groups in total. The predicted octanol–water partition coefficient (Wildman–Crippen LogP) is 2.40. The summed E-state index contributed by atoms with van der Waals surface area (Å²) in [6, 6.07) is 10.1. The number of nitrogens with one attached hydrogen (secondary N) is 1. The van der Waals surface area contributed by atoms with Gasteiger partial charge in [0.25, 0.3) is 6.29 Å². The predicted molar refractivity (Wildman–Crippen MR) is 72.9 cm³/mol. The average molecular weight is 285 g/mol. The van der Waals surface area contributed by atoms with E-state index in [9.17, 15) is 4.79 Å². The molecule has 20 heavy (non-hydrogen) atoms. The lowest BCUT2D eigenvalue weighted by Crippen LogP contribution is -2.20. The fourth-order valence-corrected chi connectivity index (χ4v) is 2.84. The number of carbonyl (C=O) groups is 1. The molecule has 0 saturated heterocycles. The van der Waals surface area contributed by atoms with Crippen molar-refractivity contribution in [3.63, 3.8) is 0 Å². The Bertz CT molecular complexity index is 680. The van der Waals surface area contributed by atoms with Crippen molar-refractivity contribution in [2.75, 3.05) is 11.1 Å². The number of aromatic nitrogens is 1. The third-order valence-electron chi connectivity index (χ3n) is 3.01. The summed E-state index contributed by atoms with van der Waals surface area (Å²) in [4.78, 5) is 15.8. The van der Waals surface area contributed by atoms with Crippen LogP contribution in [-0.2, 0) is 4.79 Å². The van der Waals surface area contributed by atoms with Crippen molar-refractivity contribution in [2.45, 2.75) is 11.3 Å². The molecule has 1 radical (unpaired) electrons. The molecule has 1 amide bonds. The molecule has 99 valence electrons. The zero-order valence-corrected chi connectivity index (χ0v) is 11.1. The number of thioether (sulfide) groups is 1. The van der Waals surface area contributed by atoms with Crippen molar-refractivity contribution in [3.8, 4) is 11.5 Å². The molecular weight excluding hydrogens is 276 g/mol. The van der Waals surface area contributed by atoms with Gasteiger partial charge in [0.15, 0.2) is 11.5 Å². The van der Waals surface area contributed by atoms with E-state index in [1.165, 1.54) is 11.8 Å². The maximum atomic E-state index is 11.4. The molecule has 2 aliphatic rings. The Morgan fingerprint density at radius 2 is 2.30 bits per heavy atom. The summed E-state index contributed by atoms with van der Waals surface area (Å²) >= 11 is 1.43. The SMILES string of the molecule is O=C1CSc2ncc(C3Oc4c[c]ccc4O3)cc2N1. The standard InChI is InChI=1S/C14H9N2O3S/c17-12-7-20-13-9(16-12)5-8(6-15-13)14-18-10-3-1-2-4-11(10)19-14/h1,3-6,14H,7H2,(H,16,17). The lowest BCUT2D eigenvalue weighted by Gasteiger charge is -2.17. The highest BCUT2D eigenvalue weighted by molar-refractivity contribution is 8.00. The normalized spacial score (nSPS) is 16.7. The summed E-state index contributed by atoms with van der Waals surface area (Å²) in [6.45, 7) is 0. The van der Waals surface area contributed by atoms with Crippen molar-refractivity contribution >= 4 is 23.4 Å². The van der Waals surface area contributed by atoms with E-state index in [0.717, 1.165) is 10.6 Å². The van der Waals surface area contributed by atoms with Gasteiger partial charge in [0.05, 0.1) is 17.0 Å². The zero-order chi connectivity index (χ0) is 13.5. The van der Waals surface area contributed by atoms with E-state index in [-0.39, 0.29) is 5.91 Å². The van der Waals surface area contributed by atoms with E-state index in [0.29, 0.717) is 22.9 Å². The van der Waals surface area contributed by atoms with E-state index >= 15 is 0 Å². The Kier molecular flexibility index (Phi) is 2.56. The molecule has 1 aromatic carbocycles. The number of hydrogen-bond donors (Lipinski definition) is 1. The Morgan fingerprint density at radius 1 is 1.40 bits per heavy atom. The summed E-state index contributed by atoms with van der Waals surface area (Å²) in [5.41, 5.74) is 1.47. The number of fused-ring (bicyclic) bond motifs is 2. The number of amides is 1. The highest BCUT2D eigenvalue weighted by Gasteiger charge is 2.27. The second kappa shape index (κ2) is 4.42. The monoisotopic (exact) mass is 285 g/mol. The van der Waals surface area contributed by atoms with Gasteiger partial charge in [-0.3, -0.25) is 4.79 Å². The largest absolute Gasteiger partial charge is 0.447 e. The van der Waals surface area contributed by atoms with Crippen molar-refractivity contribution < 1.29 is 14.3 Å². The maximum Gasteiger partial charge on any atom is 0.269 e. The Balaban J connectivity index is 1.65. The number of nitrogens with zero attached hydrogens (tertiary/aromatic N) is 1. The molecule has 0 aliphatic carbocycles. The number of hydrogen-bond acceptors (Lipinski definition) is 5. The molecule has 2 aromatic rings. The lowest BCUT2D eigenvalue weighted by molar-refractivity contribution is -0.113. The number of anilines is 1. The number of carbonyl (C=O) groups excluding carboxylic acids is 1. The smallest absolute Gasteiger partial charge is 0.269 e. The number of rotatable bonds is 1. The molecule has 2 aliphatic heterocycles. The summed E-state index contributed by atoms with van der Waals surface area (Å²) in [6.07, 6.45) is 1.17. The minimum atomic E-state index is -0.539. The van der Waals surface area contributed by atoms with Gasteiger partial charge in [0, 0.05) is 6.20 Å². The van der Waals surface area contributed by atoms with E-state index < -0.39 is 6.29 Å². The first-order chi connectivity index (χ1) is 9.79. The van der Waals surface area contributed by atoms with Crippen LogP contribution in [0, 0.1) is 6.07 Å². The van der Waals surface area contributed by atoms with Crippen LogP contribution in [0.3, 0.4) is 0 Å². The first-order valence-corrected chi connectivity index (χ1v) is 7.04. The first-order valence-electron chi connectivity index (χ1n) is 6.05. The van der Waals surface area contributed by atoms with Crippen molar-refractivity contribution in [2.24, 2.45) is 0 Å². The molecule has 3 heterocycles. The quantitative estimate of drug-likeness (QED) is 0.871. The van der Waals surface area contributed by atoms with Crippen LogP contribution in [0.5, 0.6) is 11.5 Å². The third-order valence-corrected chi connectivity index (χ3v) is 4.02. The van der Waals surface area contributed by atoms with Gasteiger partial charge in [0.1, 0.15) is 5.03 Å². The molecule has 0 saturated carbocycles. The maximum absolute atomic E-state index is 11.4. The van der Waals surface area contributed by atoms with E-state index in [4.69, 9.17) is 9.47 Å². The Labute approximate surface area is 119 Å². The van der Waals surface area contributed by atoms with Crippen molar-refractivity contribution in [3.05, 3.63) is 42.1 Å².